The van der Waals surface area contributed by atoms with Crippen LogP contribution in [0.4, 0.5) is 0 Å². The summed E-state index contributed by atoms with van der Waals surface area (Å²) in [5.41, 5.74) is 0.0453. The average Bonchev–Trinajstić information content (AvgIpc) is 3.17. The minimum atomic E-state index is -1.06. The Morgan fingerprint density at radius 2 is 2.25 bits per heavy atom. The van der Waals surface area contributed by atoms with Crippen molar-refractivity contribution in [1.29, 1.82) is 0 Å². The molecule has 1 aromatic rings. The Morgan fingerprint density at radius 3 is 2.75 bits per heavy atom. The molecule has 1 aliphatic carbocycles. The van der Waals surface area contributed by atoms with Gasteiger partial charge in [0.05, 0.1) is 24.1 Å². The lowest BCUT2D eigenvalue weighted by Crippen LogP contribution is -2.13. The zero-order chi connectivity index (χ0) is 14.8. The Morgan fingerprint density at radius 1 is 1.55 bits per heavy atom. The summed E-state index contributed by atoms with van der Waals surface area (Å²) in [6, 6.07) is 1.39. The topological polar surface area (TPSA) is 76.5 Å². The summed E-state index contributed by atoms with van der Waals surface area (Å²) in [7, 11) is 1.38. The normalized spacial score (nSPS) is 15.7. The number of thioether (sulfide) groups is 1. The standard InChI is InChI=1S/C13H14ClNO4S/c1-19-10(16)5-13(2-3-13)7-20-11-9(14)4-8(6-15-11)12(17)18/h4,6H,2-3,5,7H2,1H3,(H,17,18). The number of aromatic carboxylic acids is 1. The molecule has 7 heteroatoms. The van der Waals surface area contributed by atoms with Gasteiger partial charge in [0, 0.05) is 11.9 Å². The molecule has 1 heterocycles. The van der Waals surface area contributed by atoms with E-state index in [4.69, 9.17) is 16.7 Å². The van der Waals surface area contributed by atoms with Crippen LogP contribution in [0.25, 0.3) is 0 Å². The van der Waals surface area contributed by atoms with Gasteiger partial charge < -0.3 is 9.84 Å². The number of pyridine rings is 1. The second kappa shape index (κ2) is 6.01. The third-order valence-corrected chi connectivity index (χ3v) is 5.03. The van der Waals surface area contributed by atoms with E-state index in [1.165, 1.54) is 31.1 Å². The van der Waals surface area contributed by atoms with Crippen LogP contribution in [0.1, 0.15) is 29.6 Å². The molecule has 0 unspecified atom stereocenters. The maximum atomic E-state index is 11.3. The van der Waals surface area contributed by atoms with Crippen molar-refractivity contribution in [3.05, 3.63) is 22.8 Å². The zero-order valence-electron chi connectivity index (χ0n) is 10.9. The highest BCUT2D eigenvalue weighted by molar-refractivity contribution is 7.99. The fourth-order valence-electron chi connectivity index (χ4n) is 1.80. The van der Waals surface area contributed by atoms with Gasteiger partial charge in [-0.1, -0.05) is 11.6 Å². The van der Waals surface area contributed by atoms with Crippen LogP contribution in [0.2, 0.25) is 5.02 Å². The van der Waals surface area contributed by atoms with Gasteiger partial charge in [0.25, 0.3) is 0 Å². The van der Waals surface area contributed by atoms with Crippen molar-refractivity contribution < 1.29 is 19.4 Å². The number of carbonyl (C=O) groups excluding carboxylic acids is 1. The van der Waals surface area contributed by atoms with E-state index in [9.17, 15) is 9.59 Å². The number of carboxylic acid groups (broad SMARTS) is 1. The number of esters is 1. The molecule has 1 fully saturated rings. The van der Waals surface area contributed by atoms with Crippen molar-refractivity contribution >= 4 is 35.3 Å². The van der Waals surface area contributed by atoms with Gasteiger partial charge in [-0.15, -0.1) is 11.8 Å². The van der Waals surface area contributed by atoms with E-state index in [0.29, 0.717) is 16.5 Å². The Bertz CT molecular complexity index is 545. The van der Waals surface area contributed by atoms with Crippen LogP contribution in [0.5, 0.6) is 0 Å². The molecule has 1 N–H and O–H groups in total. The van der Waals surface area contributed by atoms with Crippen LogP contribution in [-0.2, 0) is 9.53 Å². The second-order valence-electron chi connectivity index (χ2n) is 4.86. The number of carbonyl (C=O) groups is 2. The Labute approximate surface area is 125 Å². The molecule has 1 saturated carbocycles. The van der Waals surface area contributed by atoms with Crippen LogP contribution in [0.3, 0.4) is 0 Å². The van der Waals surface area contributed by atoms with Crippen molar-refractivity contribution in [3.8, 4) is 0 Å². The number of halogens is 1. The van der Waals surface area contributed by atoms with Gasteiger partial charge in [-0.2, -0.15) is 0 Å². The van der Waals surface area contributed by atoms with Crippen LogP contribution in [-0.4, -0.2) is 34.9 Å². The molecule has 0 amide bonds. The van der Waals surface area contributed by atoms with Gasteiger partial charge in [0.2, 0.25) is 0 Å². The van der Waals surface area contributed by atoms with E-state index in [-0.39, 0.29) is 16.9 Å². The quantitative estimate of drug-likeness (QED) is 0.642. The predicted octanol–water partition coefficient (Wildman–Crippen LogP) is 2.87. The minimum absolute atomic E-state index is 0.0196. The maximum Gasteiger partial charge on any atom is 0.337 e. The number of hydrogen-bond acceptors (Lipinski definition) is 5. The molecule has 5 nitrogen and oxygen atoms in total. The lowest BCUT2D eigenvalue weighted by Gasteiger charge is -2.13. The summed E-state index contributed by atoms with van der Waals surface area (Å²) in [4.78, 5) is 26.2. The first kappa shape index (κ1) is 15.1. The predicted molar refractivity (Wildman–Crippen MR) is 75.2 cm³/mol. The molecule has 0 radical (unpaired) electrons. The smallest absolute Gasteiger partial charge is 0.337 e. The number of ether oxygens (including phenoxy) is 1. The molecule has 1 aromatic heterocycles. The molecule has 0 spiro atoms. The van der Waals surface area contributed by atoms with Crippen LogP contribution in [0.15, 0.2) is 17.3 Å². The molecular weight excluding hydrogens is 302 g/mol. The molecule has 0 aromatic carbocycles. The van der Waals surface area contributed by atoms with Crippen molar-refractivity contribution in [2.75, 3.05) is 12.9 Å². The second-order valence-corrected chi connectivity index (χ2v) is 6.23. The van der Waals surface area contributed by atoms with E-state index in [0.717, 1.165) is 18.6 Å². The number of methoxy groups -OCH3 is 1. The minimum Gasteiger partial charge on any atom is -0.478 e. The van der Waals surface area contributed by atoms with Gasteiger partial charge in [0.1, 0.15) is 5.03 Å². The van der Waals surface area contributed by atoms with E-state index >= 15 is 0 Å². The summed E-state index contributed by atoms with van der Waals surface area (Å²) in [5, 5.41) is 9.75. The van der Waals surface area contributed by atoms with Crippen molar-refractivity contribution in [3.63, 3.8) is 0 Å². The summed E-state index contributed by atoms with van der Waals surface area (Å²) in [5.74, 6) is -0.537. The molecular formula is C13H14ClNO4S. The fraction of sp³-hybridized carbons (Fsp3) is 0.462. The van der Waals surface area contributed by atoms with E-state index in [1.54, 1.807) is 0 Å². The molecule has 108 valence electrons. The zero-order valence-corrected chi connectivity index (χ0v) is 12.5. The summed E-state index contributed by atoms with van der Waals surface area (Å²) < 4.78 is 4.69. The van der Waals surface area contributed by atoms with Gasteiger partial charge in [-0.25, -0.2) is 9.78 Å². The summed E-state index contributed by atoms with van der Waals surface area (Å²) in [6.45, 7) is 0. The van der Waals surface area contributed by atoms with Gasteiger partial charge in [0.15, 0.2) is 0 Å². The highest BCUT2D eigenvalue weighted by Crippen LogP contribution is 2.52. The number of aromatic nitrogens is 1. The largest absolute Gasteiger partial charge is 0.478 e. The van der Waals surface area contributed by atoms with Crippen molar-refractivity contribution in [1.82, 2.24) is 4.98 Å². The first-order valence-electron chi connectivity index (χ1n) is 6.04. The summed E-state index contributed by atoms with van der Waals surface area (Å²) >= 11 is 7.46. The molecule has 20 heavy (non-hydrogen) atoms. The molecule has 1 aliphatic rings. The van der Waals surface area contributed by atoms with Crippen LogP contribution < -0.4 is 0 Å². The monoisotopic (exact) mass is 315 g/mol. The average molecular weight is 316 g/mol. The first-order valence-corrected chi connectivity index (χ1v) is 7.41. The molecule has 0 saturated heterocycles. The highest BCUT2D eigenvalue weighted by atomic mass is 35.5. The lowest BCUT2D eigenvalue weighted by molar-refractivity contribution is -0.141. The highest BCUT2D eigenvalue weighted by Gasteiger charge is 2.44. The molecule has 2 rings (SSSR count). The van der Waals surface area contributed by atoms with E-state index < -0.39 is 5.97 Å². The van der Waals surface area contributed by atoms with E-state index in [1.807, 2.05) is 0 Å². The van der Waals surface area contributed by atoms with Gasteiger partial charge in [-0.05, 0) is 24.3 Å². The number of rotatable bonds is 6. The van der Waals surface area contributed by atoms with Crippen molar-refractivity contribution in [2.24, 2.45) is 5.41 Å². The van der Waals surface area contributed by atoms with Crippen LogP contribution >= 0.6 is 23.4 Å². The third-order valence-electron chi connectivity index (χ3n) is 3.27. The summed E-state index contributed by atoms with van der Waals surface area (Å²) in [6.07, 6.45) is 3.66. The van der Waals surface area contributed by atoms with Crippen molar-refractivity contribution in [2.45, 2.75) is 24.3 Å². The van der Waals surface area contributed by atoms with E-state index in [2.05, 4.69) is 9.72 Å². The first-order chi connectivity index (χ1) is 9.46. The third kappa shape index (κ3) is 3.64. The lowest BCUT2D eigenvalue weighted by atomic mass is 10.1. The molecule has 0 bridgehead atoms. The van der Waals surface area contributed by atoms with Gasteiger partial charge in [-0.3, -0.25) is 4.79 Å². The SMILES string of the molecule is COC(=O)CC1(CSc2ncc(C(=O)O)cc2Cl)CC1. The maximum absolute atomic E-state index is 11.3. The number of hydrogen-bond donors (Lipinski definition) is 1. The molecule has 0 atom stereocenters. The van der Waals surface area contributed by atoms with Gasteiger partial charge >= 0.3 is 11.9 Å². The van der Waals surface area contributed by atoms with Crippen LogP contribution in [0, 0.1) is 5.41 Å². The fourth-order valence-corrected chi connectivity index (χ4v) is 3.28. The Kier molecular flexibility index (Phi) is 4.55. The number of carboxylic acids is 1. The Balaban J connectivity index is 1.98. The number of nitrogens with zero attached hydrogens (tertiary/aromatic N) is 1. The Hall–Kier alpha value is -1.27. The molecule has 0 aliphatic heterocycles.